The number of aliphatic carboxylic acids is 1. The summed E-state index contributed by atoms with van der Waals surface area (Å²) >= 11 is 0. The third-order valence-electron chi connectivity index (χ3n) is 4.63. The Balaban J connectivity index is 2.08. The Morgan fingerprint density at radius 1 is 1.38 bits per heavy atom. The number of rotatable bonds is 6. The van der Waals surface area contributed by atoms with Gasteiger partial charge in [0.1, 0.15) is 0 Å². The summed E-state index contributed by atoms with van der Waals surface area (Å²) in [5, 5.41) is 9.03. The lowest BCUT2D eigenvalue weighted by Crippen LogP contribution is -2.46. The summed E-state index contributed by atoms with van der Waals surface area (Å²) in [6.07, 6.45) is 3.69. The largest absolute Gasteiger partial charge is 0.481 e. The molecule has 2 rings (SSSR count). The molecule has 4 heteroatoms. The maximum Gasteiger partial charge on any atom is 0.307 e. The van der Waals surface area contributed by atoms with Crippen LogP contribution in [0.5, 0.6) is 0 Å². The van der Waals surface area contributed by atoms with Crippen molar-refractivity contribution in [1.29, 1.82) is 0 Å². The highest BCUT2D eigenvalue weighted by Crippen LogP contribution is 2.26. The zero-order valence-electron chi connectivity index (χ0n) is 12.8. The molecule has 1 saturated heterocycles. The summed E-state index contributed by atoms with van der Waals surface area (Å²) in [4.78, 5) is 13.4. The number of likely N-dealkylation sites (tertiary alicyclic amines) is 1. The van der Waals surface area contributed by atoms with Crippen LogP contribution in [-0.2, 0) is 17.8 Å². The van der Waals surface area contributed by atoms with Gasteiger partial charge < -0.3 is 10.8 Å². The molecule has 0 spiro atoms. The Kier molecular flexibility index (Phi) is 5.76. The van der Waals surface area contributed by atoms with Crippen molar-refractivity contribution in [1.82, 2.24) is 4.90 Å². The Morgan fingerprint density at radius 2 is 2.10 bits per heavy atom. The summed E-state index contributed by atoms with van der Waals surface area (Å²) < 4.78 is 0. The lowest BCUT2D eigenvalue weighted by molar-refractivity contribution is -0.136. The summed E-state index contributed by atoms with van der Waals surface area (Å²) in [6, 6.07) is 8.27. The molecule has 3 N–H and O–H groups in total. The van der Waals surface area contributed by atoms with Crippen LogP contribution >= 0.6 is 0 Å². The lowest BCUT2D eigenvalue weighted by Gasteiger charge is -2.39. The van der Waals surface area contributed by atoms with Gasteiger partial charge in [-0.1, -0.05) is 37.6 Å². The molecule has 2 unspecified atom stereocenters. The minimum absolute atomic E-state index is 0.0922. The van der Waals surface area contributed by atoms with Crippen LogP contribution < -0.4 is 5.73 Å². The number of hydrogen-bond donors (Lipinski definition) is 2. The van der Waals surface area contributed by atoms with Gasteiger partial charge >= 0.3 is 5.97 Å². The normalized spacial score (nSPS) is 23.1. The van der Waals surface area contributed by atoms with E-state index in [1.807, 2.05) is 24.3 Å². The van der Waals surface area contributed by atoms with E-state index >= 15 is 0 Å². The second kappa shape index (κ2) is 7.57. The Hall–Kier alpha value is -1.39. The van der Waals surface area contributed by atoms with Gasteiger partial charge in [0.05, 0.1) is 6.42 Å². The van der Waals surface area contributed by atoms with Gasteiger partial charge in [-0.3, -0.25) is 9.69 Å². The Labute approximate surface area is 126 Å². The molecule has 4 nitrogen and oxygen atoms in total. The van der Waals surface area contributed by atoms with E-state index in [4.69, 9.17) is 10.8 Å². The van der Waals surface area contributed by atoms with Crippen molar-refractivity contribution in [3.63, 3.8) is 0 Å². The SMILES string of the molecule is CCC1CCN(Cc2ccccc2CC(=O)O)C(CN)C1. The van der Waals surface area contributed by atoms with Crippen LogP contribution in [0.2, 0.25) is 0 Å². The van der Waals surface area contributed by atoms with Crippen molar-refractivity contribution in [2.45, 2.75) is 45.2 Å². The van der Waals surface area contributed by atoms with E-state index in [2.05, 4.69) is 11.8 Å². The molecule has 1 aromatic rings. The zero-order valence-corrected chi connectivity index (χ0v) is 12.8. The summed E-state index contributed by atoms with van der Waals surface area (Å²) in [6.45, 7) is 4.79. The number of nitrogens with zero attached hydrogens (tertiary/aromatic N) is 1. The van der Waals surface area contributed by atoms with Crippen LogP contribution in [0, 0.1) is 5.92 Å². The number of benzene rings is 1. The van der Waals surface area contributed by atoms with Gasteiger partial charge in [-0.05, 0) is 36.4 Å². The van der Waals surface area contributed by atoms with Crippen LogP contribution in [-0.4, -0.2) is 35.1 Å². The quantitative estimate of drug-likeness (QED) is 0.843. The van der Waals surface area contributed by atoms with Gasteiger partial charge in [-0.15, -0.1) is 0 Å². The highest BCUT2D eigenvalue weighted by molar-refractivity contribution is 5.70. The summed E-state index contributed by atoms with van der Waals surface area (Å²) in [5.41, 5.74) is 7.98. The minimum Gasteiger partial charge on any atom is -0.481 e. The number of carboxylic acids is 1. The average molecular weight is 290 g/mol. The Morgan fingerprint density at radius 3 is 2.71 bits per heavy atom. The molecule has 1 aliphatic rings. The number of nitrogens with two attached hydrogens (primary N) is 1. The van der Waals surface area contributed by atoms with Crippen LogP contribution in [0.25, 0.3) is 0 Å². The van der Waals surface area contributed by atoms with Crippen molar-refractivity contribution >= 4 is 5.97 Å². The summed E-state index contributed by atoms with van der Waals surface area (Å²) in [7, 11) is 0. The molecule has 1 aliphatic heterocycles. The second-order valence-electron chi connectivity index (χ2n) is 6.00. The molecule has 1 heterocycles. The highest BCUT2D eigenvalue weighted by Gasteiger charge is 2.27. The van der Waals surface area contributed by atoms with Crippen molar-refractivity contribution in [3.05, 3.63) is 35.4 Å². The van der Waals surface area contributed by atoms with E-state index in [1.165, 1.54) is 12.8 Å². The molecule has 1 fully saturated rings. The minimum atomic E-state index is -0.775. The topological polar surface area (TPSA) is 66.6 Å². The van der Waals surface area contributed by atoms with Crippen molar-refractivity contribution in [2.75, 3.05) is 13.1 Å². The van der Waals surface area contributed by atoms with E-state index in [9.17, 15) is 4.79 Å². The number of carbonyl (C=O) groups is 1. The number of carboxylic acid groups (broad SMARTS) is 1. The van der Waals surface area contributed by atoms with Crippen LogP contribution in [0.15, 0.2) is 24.3 Å². The molecule has 0 bridgehead atoms. The first-order chi connectivity index (χ1) is 10.1. The van der Waals surface area contributed by atoms with Gasteiger partial charge in [-0.25, -0.2) is 0 Å². The maximum atomic E-state index is 11.0. The molecule has 0 amide bonds. The van der Waals surface area contributed by atoms with Gasteiger partial charge in [0.15, 0.2) is 0 Å². The second-order valence-corrected chi connectivity index (χ2v) is 6.00. The molecule has 116 valence electrons. The van der Waals surface area contributed by atoms with E-state index in [1.54, 1.807) is 0 Å². The van der Waals surface area contributed by atoms with Crippen LogP contribution in [0.3, 0.4) is 0 Å². The molecule has 0 radical (unpaired) electrons. The molecule has 2 atom stereocenters. The van der Waals surface area contributed by atoms with Crippen LogP contribution in [0.1, 0.15) is 37.3 Å². The lowest BCUT2D eigenvalue weighted by atomic mass is 9.88. The first-order valence-corrected chi connectivity index (χ1v) is 7.86. The van der Waals surface area contributed by atoms with E-state index < -0.39 is 5.97 Å². The van der Waals surface area contributed by atoms with E-state index in [-0.39, 0.29) is 6.42 Å². The fraction of sp³-hybridized carbons (Fsp3) is 0.588. The zero-order chi connectivity index (χ0) is 15.2. The molecule has 0 aromatic heterocycles. The smallest absolute Gasteiger partial charge is 0.307 e. The number of hydrogen-bond acceptors (Lipinski definition) is 3. The molecular formula is C17H26N2O2. The molecule has 1 aromatic carbocycles. The molecule has 21 heavy (non-hydrogen) atoms. The van der Waals surface area contributed by atoms with Gasteiger partial charge in [0, 0.05) is 19.1 Å². The fourth-order valence-electron chi connectivity index (χ4n) is 3.27. The van der Waals surface area contributed by atoms with Gasteiger partial charge in [-0.2, -0.15) is 0 Å². The predicted molar refractivity (Wildman–Crippen MR) is 84.0 cm³/mol. The predicted octanol–water partition coefficient (Wildman–Crippen LogP) is 2.26. The number of piperidine rings is 1. The third-order valence-corrected chi connectivity index (χ3v) is 4.63. The molecular weight excluding hydrogens is 264 g/mol. The van der Waals surface area contributed by atoms with Gasteiger partial charge in [0.2, 0.25) is 0 Å². The van der Waals surface area contributed by atoms with Crippen molar-refractivity contribution in [2.24, 2.45) is 11.7 Å². The third kappa shape index (κ3) is 4.29. The van der Waals surface area contributed by atoms with Crippen molar-refractivity contribution in [3.8, 4) is 0 Å². The monoisotopic (exact) mass is 290 g/mol. The first-order valence-electron chi connectivity index (χ1n) is 7.86. The van der Waals surface area contributed by atoms with Crippen LogP contribution in [0.4, 0.5) is 0 Å². The molecule has 0 saturated carbocycles. The average Bonchev–Trinajstić information content (AvgIpc) is 2.49. The summed E-state index contributed by atoms with van der Waals surface area (Å²) in [5.74, 6) is 0.00609. The standard InChI is InChI=1S/C17H26N2O2/c1-2-13-7-8-19(16(9-13)11-18)12-15-6-4-3-5-14(15)10-17(20)21/h3-6,13,16H,2,7-12,18H2,1H3,(H,20,21). The Bertz CT molecular complexity index is 476. The molecule has 0 aliphatic carbocycles. The first kappa shape index (κ1) is 16.0. The van der Waals surface area contributed by atoms with Gasteiger partial charge in [0.25, 0.3) is 0 Å². The van der Waals surface area contributed by atoms with E-state index in [0.717, 1.165) is 36.6 Å². The highest BCUT2D eigenvalue weighted by atomic mass is 16.4. The fourth-order valence-corrected chi connectivity index (χ4v) is 3.27. The van der Waals surface area contributed by atoms with Crippen molar-refractivity contribution < 1.29 is 9.90 Å². The van der Waals surface area contributed by atoms with E-state index in [0.29, 0.717) is 12.6 Å². The maximum absolute atomic E-state index is 11.0.